The molecule has 0 bridgehead atoms. The van der Waals surface area contributed by atoms with Crippen molar-refractivity contribution in [3.8, 4) is 5.75 Å². The van der Waals surface area contributed by atoms with Crippen LogP contribution in [0.25, 0.3) is 0 Å². The SMILES string of the molecule is NCCC1(c2cc(O)ccc2[N+](=O)[O-])CCC1. The summed E-state index contributed by atoms with van der Waals surface area (Å²) in [5, 5.41) is 20.5. The molecule has 5 nitrogen and oxygen atoms in total. The van der Waals surface area contributed by atoms with Crippen molar-refractivity contribution in [1.82, 2.24) is 0 Å². The molecule has 0 aromatic heterocycles. The van der Waals surface area contributed by atoms with Crippen molar-refractivity contribution in [1.29, 1.82) is 0 Å². The van der Waals surface area contributed by atoms with Gasteiger partial charge < -0.3 is 10.8 Å². The lowest BCUT2D eigenvalue weighted by molar-refractivity contribution is -0.386. The predicted molar refractivity (Wildman–Crippen MR) is 64.0 cm³/mol. The second kappa shape index (κ2) is 4.33. The summed E-state index contributed by atoms with van der Waals surface area (Å²) in [4.78, 5) is 10.6. The molecule has 0 aliphatic heterocycles. The van der Waals surface area contributed by atoms with Gasteiger partial charge in [0.05, 0.1) is 4.92 Å². The molecule has 0 atom stereocenters. The van der Waals surface area contributed by atoms with Gasteiger partial charge in [0.25, 0.3) is 5.69 Å². The van der Waals surface area contributed by atoms with Gasteiger partial charge in [0.15, 0.2) is 0 Å². The van der Waals surface area contributed by atoms with E-state index < -0.39 is 0 Å². The van der Waals surface area contributed by atoms with Gasteiger partial charge in [-0.15, -0.1) is 0 Å². The van der Waals surface area contributed by atoms with E-state index in [4.69, 9.17) is 5.73 Å². The summed E-state index contributed by atoms with van der Waals surface area (Å²) in [6.45, 7) is 0.507. The number of nitrogens with zero attached hydrogens (tertiary/aromatic N) is 1. The zero-order valence-corrected chi connectivity index (χ0v) is 9.56. The summed E-state index contributed by atoms with van der Waals surface area (Å²) < 4.78 is 0. The molecule has 3 N–H and O–H groups in total. The van der Waals surface area contributed by atoms with Crippen LogP contribution in [0.5, 0.6) is 5.75 Å². The van der Waals surface area contributed by atoms with E-state index in [1.807, 2.05) is 0 Å². The smallest absolute Gasteiger partial charge is 0.273 e. The topological polar surface area (TPSA) is 89.4 Å². The van der Waals surface area contributed by atoms with Crippen molar-refractivity contribution in [3.05, 3.63) is 33.9 Å². The Bertz CT molecular complexity index is 441. The van der Waals surface area contributed by atoms with Gasteiger partial charge in [-0.3, -0.25) is 10.1 Å². The third kappa shape index (κ3) is 1.98. The third-order valence-electron chi connectivity index (χ3n) is 3.68. The molecule has 1 fully saturated rings. The van der Waals surface area contributed by atoms with Gasteiger partial charge in [-0.25, -0.2) is 0 Å². The fourth-order valence-corrected chi connectivity index (χ4v) is 2.64. The number of nitrogens with two attached hydrogens (primary N) is 1. The third-order valence-corrected chi connectivity index (χ3v) is 3.68. The molecule has 92 valence electrons. The maximum Gasteiger partial charge on any atom is 0.273 e. The van der Waals surface area contributed by atoms with Gasteiger partial charge in [0, 0.05) is 17.0 Å². The van der Waals surface area contributed by atoms with Crippen LogP contribution >= 0.6 is 0 Å². The molecule has 5 heteroatoms. The summed E-state index contributed by atoms with van der Waals surface area (Å²) in [5.74, 6) is 0.0777. The van der Waals surface area contributed by atoms with E-state index >= 15 is 0 Å². The Kier molecular flexibility index (Phi) is 3.02. The largest absolute Gasteiger partial charge is 0.508 e. The van der Waals surface area contributed by atoms with Crippen molar-refractivity contribution < 1.29 is 10.0 Å². The normalized spacial score (nSPS) is 17.5. The van der Waals surface area contributed by atoms with E-state index in [2.05, 4.69) is 0 Å². The first-order valence-corrected chi connectivity index (χ1v) is 5.77. The Morgan fingerprint density at radius 3 is 2.65 bits per heavy atom. The molecule has 1 saturated carbocycles. The number of aromatic hydroxyl groups is 1. The Hall–Kier alpha value is -1.62. The number of rotatable bonds is 4. The van der Waals surface area contributed by atoms with Gasteiger partial charge in [-0.1, -0.05) is 6.42 Å². The highest BCUT2D eigenvalue weighted by atomic mass is 16.6. The second-order valence-electron chi connectivity index (χ2n) is 4.63. The van der Waals surface area contributed by atoms with Gasteiger partial charge in [0.1, 0.15) is 5.75 Å². The van der Waals surface area contributed by atoms with Crippen molar-refractivity contribution >= 4 is 5.69 Å². The van der Waals surface area contributed by atoms with Gasteiger partial charge in [0.2, 0.25) is 0 Å². The van der Waals surface area contributed by atoms with E-state index in [0.717, 1.165) is 25.7 Å². The molecule has 0 heterocycles. The molecule has 2 rings (SSSR count). The highest BCUT2D eigenvalue weighted by Gasteiger charge is 2.42. The lowest BCUT2D eigenvalue weighted by atomic mass is 9.62. The van der Waals surface area contributed by atoms with Gasteiger partial charge >= 0.3 is 0 Å². The van der Waals surface area contributed by atoms with E-state index in [9.17, 15) is 15.2 Å². The Morgan fingerprint density at radius 2 is 2.18 bits per heavy atom. The number of hydrogen-bond acceptors (Lipinski definition) is 4. The van der Waals surface area contributed by atoms with Crippen LogP contribution in [0.3, 0.4) is 0 Å². The number of nitro groups is 1. The van der Waals surface area contributed by atoms with Crippen molar-refractivity contribution in [2.75, 3.05) is 6.54 Å². The van der Waals surface area contributed by atoms with Gasteiger partial charge in [-0.05, 0) is 37.9 Å². The first-order valence-electron chi connectivity index (χ1n) is 5.77. The van der Waals surface area contributed by atoms with Crippen LogP contribution in [0, 0.1) is 10.1 Å². The highest BCUT2D eigenvalue weighted by molar-refractivity contribution is 5.50. The van der Waals surface area contributed by atoms with Crippen LogP contribution in [0.15, 0.2) is 18.2 Å². The molecular weight excluding hydrogens is 220 g/mol. The number of phenols is 1. The van der Waals surface area contributed by atoms with Crippen LogP contribution in [-0.2, 0) is 5.41 Å². The summed E-state index contributed by atoms with van der Waals surface area (Å²) in [5.41, 5.74) is 6.13. The zero-order valence-electron chi connectivity index (χ0n) is 9.56. The fraction of sp³-hybridized carbons (Fsp3) is 0.500. The number of phenolic OH excluding ortho intramolecular Hbond substituents is 1. The summed E-state index contributed by atoms with van der Waals surface area (Å²) in [6.07, 6.45) is 3.62. The van der Waals surface area contributed by atoms with Gasteiger partial charge in [-0.2, -0.15) is 0 Å². The molecule has 0 spiro atoms. The minimum atomic E-state index is -0.384. The molecule has 1 aromatic carbocycles. The summed E-state index contributed by atoms with van der Waals surface area (Å²) in [7, 11) is 0. The molecule has 1 aliphatic rings. The molecule has 1 aliphatic carbocycles. The predicted octanol–water partition coefficient (Wildman–Crippen LogP) is 2.07. The minimum absolute atomic E-state index is 0.0777. The zero-order chi connectivity index (χ0) is 12.5. The molecule has 0 unspecified atom stereocenters. The molecule has 0 radical (unpaired) electrons. The molecule has 0 saturated heterocycles. The van der Waals surface area contributed by atoms with Crippen molar-refractivity contribution in [2.24, 2.45) is 5.73 Å². The molecule has 0 amide bonds. The first kappa shape index (κ1) is 11.9. The van der Waals surface area contributed by atoms with E-state index in [1.165, 1.54) is 18.2 Å². The van der Waals surface area contributed by atoms with E-state index in [-0.39, 0.29) is 21.8 Å². The summed E-state index contributed by atoms with van der Waals surface area (Å²) >= 11 is 0. The standard InChI is InChI=1S/C12H16N2O3/c13-7-6-12(4-1-5-12)10-8-9(15)2-3-11(10)14(16)17/h2-3,8,15H,1,4-7,13H2. The van der Waals surface area contributed by atoms with Crippen LogP contribution in [0.1, 0.15) is 31.2 Å². The quantitative estimate of drug-likeness (QED) is 0.618. The average molecular weight is 236 g/mol. The second-order valence-corrected chi connectivity index (χ2v) is 4.63. The number of hydrogen-bond donors (Lipinski definition) is 2. The minimum Gasteiger partial charge on any atom is -0.508 e. The highest BCUT2D eigenvalue weighted by Crippen LogP contribution is 2.49. The number of benzene rings is 1. The average Bonchev–Trinajstić information content (AvgIpc) is 2.22. The first-order chi connectivity index (χ1) is 8.09. The van der Waals surface area contributed by atoms with Crippen LogP contribution < -0.4 is 5.73 Å². The Morgan fingerprint density at radius 1 is 1.47 bits per heavy atom. The molecule has 1 aromatic rings. The van der Waals surface area contributed by atoms with Crippen molar-refractivity contribution in [2.45, 2.75) is 31.1 Å². The van der Waals surface area contributed by atoms with Crippen molar-refractivity contribution in [3.63, 3.8) is 0 Å². The monoisotopic (exact) mass is 236 g/mol. The Labute approximate surface area is 99.4 Å². The van der Waals surface area contributed by atoms with Crippen LogP contribution in [0.4, 0.5) is 5.69 Å². The molecule has 17 heavy (non-hydrogen) atoms. The Balaban J connectivity index is 2.48. The van der Waals surface area contributed by atoms with Crippen LogP contribution in [0.2, 0.25) is 0 Å². The van der Waals surface area contributed by atoms with Crippen LogP contribution in [-0.4, -0.2) is 16.6 Å². The lowest BCUT2D eigenvalue weighted by Crippen LogP contribution is -2.36. The maximum atomic E-state index is 11.0. The van der Waals surface area contributed by atoms with E-state index in [0.29, 0.717) is 12.1 Å². The summed E-state index contributed by atoms with van der Waals surface area (Å²) in [6, 6.07) is 4.25. The lowest BCUT2D eigenvalue weighted by Gasteiger charge is -2.41. The number of nitro benzene ring substituents is 1. The molecular formula is C12H16N2O3. The maximum absolute atomic E-state index is 11.0. The fourth-order valence-electron chi connectivity index (χ4n) is 2.64. The van der Waals surface area contributed by atoms with E-state index in [1.54, 1.807) is 0 Å².